The summed E-state index contributed by atoms with van der Waals surface area (Å²) in [5, 5.41) is 3.36. The molecule has 0 atom stereocenters. The fourth-order valence-corrected chi connectivity index (χ4v) is 1.38. The molecule has 1 rings (SSSR count). The maximum absolute atomic E-state index is 5.55. The number of ether oxygens (including phenoxy) is 2. The summed E-state index contributed by atoms with van der Waals surface area (Å²) in [6.45, 7) is 6.98. The first-order valence-electron chi connectivity index (χ1n) is 5.87. The Bertz CT molecular complexity index is 260. The molecule has 0 saturated carbocycles. The van der Waals surface area contributed by atoms with E-state index < -0.39 is 0 Å². The Balaban J connectivity index is 2.46. The highest BCUT2D eigenvalue weighted by Gasteiger charge is 2.01. The van der Waals surface area contributed by atoms with Gasteiger partial charge in [0, 0.05) is 18.7 Å². The van der Waals surface area contributed by atoms with E-state index >= 15 is 0 Å². The first-order valence-corrected chi connectivity index (χ1v) is 5.87. The summed E-state index contributed by atoms with van der Waals surface area (Å²) in [6.07, 6.45) is 1.14. The van der Waals surface area contributed by atoms with Gasteiger partial charge in [-0.15, -0.1) is 0 Å². The van der Waals surface area contributed by atoms with Crippen molar-refractivity contribution in [3.8, 4) is 5.75 Å². The second kappa shape index (κ2) is 8.13. The molecule has 1 N–H and O–H groups in total. The van der Waals surface area contributed by atoms with Crippen LogP contribution in [0.25, 0.3) is 0 Å². The van der Waals surface area contributed by atoms with Gasteiger partial charge in [0.15, 0.2) is 6.79 Å². The van der Waals surface area contributed by atoms with E-state index in [-0.39, 0.29) is 0 Å². The lowest BCUT2D eigenvalue weighted by molar-refractivity contribution is 0.0218. The Labute approximate surface area is 97.8 Å². The van der Waals surface area contributed by atoms with Crippen LogP contribution in [0.2, 0.25) is 0 Å². The molecule has 1 aromatic carbocycles. The van der Waals surface area contributed by atoms with Crippen molar-refractivity contribution in [2.45, 2.75) is 26.8 Å². The zero-order valence-corrected chi connectivity index (χ0v) is 10.2. The van der Waals surface area contributed by atoms with Crippen LogP contribution in [0.15, 0.2) is 24.3 Å². The van der Waals surface area contributed by atoms with Crippen molar-refractivity contribution in [2.24, 2.45) is 0 Å². The lowest BCUT2D eigenvalue weighted by Crippen LogP contribution is -2.15. The van der Waals surface area contributed by atoms with Crippen molar-refractivity contribution in [3.05, 3.63) is 29.8 Å². The molecule has 0 bridgehead atoms. The Hall–Kier alpha value is -1.06. The van der Waals surface area contributed by atoms with Crippen LogP contribution >= 0.6 is 0 Å². The van der Waals surface area contributed by atoms with Gasteiger partial charge < -0.3 is 14.8 Å². The molecule has 0 spiro atoms. The van der Waals surface area contributed by atoms with E-state index in [0.29, 0.717) is 13.4 Å². The minimum absolute atomic E-state index is 0.321. The maximum Gasteiger partial charge on any atom is 0.189 e. The van der Waals surface area contributed by atoms with Crippen LogP contribution in [0.5, 0.6) is 5.75 Å². The number of hydrogen-bond donors (Lipinski definition) is 1. The first kappa shape index (κ1) is 13.0. The Morgan fingerprint density at radius 3 is 2.75 bits per heavy atom. The summed E-state index contributed by atoms with van der Waals surface area (Å²) in [6, 6.07) is 8.05. The summed E-state index contributed by atoms with van der Waals surface area (Å²) >= 11 is 0. The topological polar surface area (TPSA) is 30.5 Å². The summed E-state index contributed by atoms with van der Waals surface area (Å²) in [7, 11) is 0. The summed E-state index contributed by atoms with van der Waals surface area (Å²) in [5.74, 6) is 0.902. The Morgan fingerprint density at radius 2 is 2.00 bits per heavy atom. The van der Waals surface area contributed by atoms with E-state index in [1.807, 2.05) is 25.1 Å². The number of nitrogens with one attached hydrogen (secondary N) is 1. The van der Waals surface area contributed by atoms with Crippen molar-refractivity contribution in [3.63, 3.8) is 0 Å². The van der Waals surface area contributed by atoms with Crippen molar-refractivity contribution in [1.82, 2.24) is 5.32 Å². The van der Waals surface area contributed by atoms with Gasteiger partial charge in [-0.1, -0.05) is 25.1 Å². The standard InChI is InChI=1S/C13H21NO2/c1-3-9-14-10-12-7-5-6-8-13(12)16-11-15-4-2/h5-8,14H,3-4,9-11H2,1-2H3. The van der Waals surface area contributed by atoms with Gasteiger partial charge in [-0.2, -0.15) is 0 Å². The van der Waals surface area contributed by atoms with E-state index in [2.05, 4.69) is 18.3 Å². The minimum Gasteiger partial charge on any atom is -0.467 e. The molecule has 0 aliphatic heterocycles. The van der Waals surface area contributed by atoms with Crippen LogP contribution in [0.4, 0.5) is 0 Å². The number of para-hydroxylation sites is 1. The molecule has 0 saturated heterocycles. The van der Waals surface area contributed by atoms with Gasteiger partial charge in [0.1, 0.15) is 5.75 Å². The zero-order chi connectivity index (χ0) is 11.6. The number of hydrogen-bond acceptors (Lipinski definition) is 3. The fourth-order valence-electron chi connectivity index (χ4n) is 1.38. The molecule has 16 heavy (non-hydrogen) atoms. The highest BCUT2D eigenvalue weighted by molar-refractivity contribution is 5.33. The van der Waals surface area contributed by atoms with E-state index in [9.17, 15) is 0 Å². The summed E-state index contributed by atoms with van der Waals surface area (Å²) in [4.78, 5) is 0. The summed E-state index contributed by atoms with van der Waals surface area (Å²) < 4.78 is 10.7. The van der Waals surface area contributed by atoms with Crippen molar-refractivity contribution in [1.29, 1.82) is 0 Å². The quantitative estimate of drug-likeness (QED) is 0.542. The molecule has 0 amide bonds. The highest BCUT2D eigenvalue weighted by Crippen LogP contribution is 2.17. The van der Waals surface area contributed by atoms with Gasteiger partial charge in [-0.05, 0) is 26.0 Å². The Kier molecular flexibility index (Phi) is 6.61. The SMILES string of the molecule is CCCNCc1ccccc1OCOCC. The van der Waals surface area contributed by atoms with Gasteiger partial charge in [0.25, 0.3) is 0 Å². The van der Waals surface area contributed by atoms with E-state index in [0.717, 1.165) is 25.3 Å². The van der Waals surface area contributed by atoms with Crippen molar-refractivity contribution in [2.75, 3.05) is 19.9 Å². The predicted molar refractivity (Wildman–Crippen MR) is 65.6 cm³/mol. The third kappa shape index (κ3) is 4.64. The van der Waals surface area contributed by atoms with Crippen LogP contribution in [0, 0.1) is 0 Å². The second-order valence-corrected chi connectivity index (χ2v) is 3.54. The molecule has 0 aromatic heterocycles. The molecule has 3 nitrogen and oxygen atoms in total. The van der Waals surface area contributed by atoms with Crippen molar-refractivity contribution >= 4 is 0 Å². The normalized spacial score (nSPS) is 10.4. The third-order valence-corrected chi connectivity index (χ3v) is 2.22. The number of rotatable bonds is 8. The van der Waals surface area contributed by atoms with Crippen molar-refractivity contribution < 1.29 is 9.47 Å². The van der Waals surface area contributed by atoms with Crippen LogP contribution in [-0.2, 0) is 11.3 Å². The average Bonchev–Trinajstić information content (AvgIpc) is 2.32. The van der Waals surface area contributed by atoms with Crippen LogP contribution < -0.4 is 10.1 Å². The molecule has 0 heterocycles. The molecule has 0 fully saturated rings. The van der Waals surface area contributed by atoms with E-state index in [1.54, 1.807) is 0 Å². The van der Waals surface area contributed by atoms with Gasteiger partial charge in [-0.3, -0.25) is 0 Å². The first-order chi connectivity index (χ1) is 7.88. The third-order valence-electron chi connectivity index (χ3n) is 2.22. The van der Waals surface area contributed by atoms with Gasteiger partial charge in [-0.25, -0.2) is 0 Å². The Morgan fingerprint density at radius 1 is 1.19 bits per heavy atom. The zero-order valence-electron chi connectivity index (χ0n) is 10.2. The van der Waals surface area contributed by atoms with Crippen LogP contribution in [0.1, 0.15) is 25.8 Å². The predicted octanol–water partition coefficient (Wildman–Crippen LogP) is 2.56. The highest BCUT2D eigenvalue weighted by atomic mass is 16.7. The molecular weight excluding hydrogens is 202 g/mol. The molecule has 0 radical (unpaired) electrons. The lowest BCUT2D eigenvalue weighted by atomic mass is 10.2. The second-order valence-electron chi connectivity index (χ2n) is 3.54. The van der Waals surface area contributed by atoms with Gasteiger partial charge >= 0.3 is 0 Å². The molecule has 0 aliphatic carbocycles. The molecule has 0 unspecified atom stereocenters. The monoisotopic (exact) mass is 223 g/mol. The number of benzene rings is 1. The smallest absolute Gasteiger partial charge is 0.189 e. The molecule has 3 heteroatoms. The van der Waals surface area contributed by atoms with E-state index in [4.69, 9.17) is 9.47 Å². The minimum atomic E-state index is 0.321. The van der Waals surface area contributed by atoms with Gasteiger partial charge in [0.2, 0.25) is 0 Å². The molecule has 0 aliphatic rings. The molecule has 1 aromatic rings. The van der Waals surface area contributed by atoms with Gasteiger partial charge in [0.05, 0.1) is 0 Å². The maximum atomic E-state index is 5.55. The lowest BCUT2D eigenvalue weighted by Gasteiger charge is -2.11. The molecule has 90 valence electrons. The fraction of sp³-hybridized carbons (Fsp3) is 0.538. The van der Waals surface area contributed by atoms with E-state index in [1.165, 1.54) is 5.56 Å². The van der Waals surface area contributed by atoms with Crippen LogP contribution in [0.3, 0.4) is 0 Å². The largest absolute Gasteiger partial charge is 0.467 e. The molecular formula is C13H21NO2. The average molecular weight is 223 g/mol. The van der Waals surface area contributed by atoms with Crippen LogP contribution in [-0.4, -0.2) is 19.9 Å². The summed E-state index contributed by atoms with van der Waals surface area (Å²) in [5.41, 5.74) is 1.18.